The number of halogens is 1. The Bertz CT molecular complexity index is 1180. The maximum atomic E-state index is 12.7. The van der Waals surface area contributed by atoms with E-state index in [2.05, 4.69) is 5.32 Å². The Kier molecular flexibility index (Phi) is 7.57. The number of nitro groups is 1. The van der Waals surface area contributed by atoms with Crippen molar-refractivity contribution >= 4 is 23.2 Å². The van der Waals surface area contributed by atoms with Gasteiger partial charge in [-0.25, -0.2) is 0 Å². The number of ether oxygens (including phenoxy) is 4. The van der Waals surface area contributed by atoms with E-state index in [1.165, 1.54) is 43.5 Å². The van der Waals surface area contributed by atoms with E-state index in [1.807, 2.05) is 0 Å². The lowest BCUT2D eigenvalue weighted by Crippen LogP contribution is -2.23. The van der Waals surface area contributed by atoms with Crippen LogP contribution in [0, 0.1) is 10.1 Å². The highest BCUT2D eigenvalue weighted by atomic mass is 35.5. The van der Waals surface area contributed by atoms with E-state index in [4.69, 9.17) is 30.5 Å². The first kappa shape index (κ1) is 23.7. The predicted octanol–water partition coefficient (Wildman–Crippen LogP) is 5.00. The molecule has 0 aromatic heterocycles. The Balaban J connectivity index is 1.79. The summed E-state index contributed by atoms with van der Waals surface area (Å²) in [6, 6.07) is 13.9. The van der Waals surface area contributed by atoms with Crippen molar-refractivity contribution in [2.75, 3.05) is 21.3 Å². The summed E-state index contributed by atoms with van der Waals surface area (Å²) in [6.07, 6.45) is 0. The summed E-state index contributed by atoms with van der Waals surface area (Å²) in [6.45, 7) is 0.205. The van der Waals surface area contributed by atoms with Crippen LogP contribution in [0.5, 0.6) is 28.7 Å². The quantitative estimate of drug-likeness (QED) is 0.345. The molecule has 10 heteroatoms. The fourth-order valence-electron chi connectivity index (χ4n) is 3.03. The molecule has 33 heavy (non-hydrogen) atoms. The Morgan fingerprint density at radius 1 is 0.909 bits per heavy atom. The zero-order valence-electron chi connectivity index (χ0n) is 18.1. The maximum absolute atomic E-state index is 12.7. The second kappa shape index (κ2) is 10.6. The third-order valence-electron chi connectivity index (χ3n) is 4.69. The van der Waals surface area contributed by atoms with E-state index >= 15 is 0 Å². The first-order valence-corrected chi connectivity index (χ1v) is 10.0. The topological polar surface area (TPSA) is 109 Å². The molecule has 0 bridgehead atoms. The number of nitrogens with one attached hydrogen (secondary N) is 1. The van der Waals surface area contributed by atoms with Crippen molar-refractivity contribution in [1.82, 2.24) is 5.32 Å². The molecule has 0 aliphatic rings. The third-order valence-corrected chi connectivity index (χ3v) is 4.93. The molecule has 0 radical (unpaired) electrons. The van der Waals surface area contributed by atoms with Crippen molar-refractivity contribution in [3.63, 3.8) is 0 Å². The smallest absolute Gasteiger partial charge is 0.313 e. The van der Waals surface area contributed by atoms with Gasteiger partial charge in [-0.05, 0) is 48.5 Å². The highest BCUT2D eigenvalue weighted by Crippen LogP contribution is 2.38. The molecular formula is C23H21ClN2O7. The minimum atomic E-state index is -0.595. The van der Waals surface area contributed by atoms with Gasteiger partial charge >= 0.3 is 5.69 Å². The van der Waals surface area contributed by atoms with Gasteiger partial charge < -0.3 is 24.3 Å². The van der Waals surface area contributed by atoms with Gasteiger partial charge in [-0.2, -0.15) is 0 Å². The average Bonchev–Trinajstić information content (AvgIpc) is 2.83. The van der Waals surface area contributed by atoms with Gasteiger partial charge in [0, 0.05) is 28.8 Å². The summed E-state index contributed by atoms with van der Waals surface area (Å²) in [5, 5.41) is 14.3. The van der Waals surface area contributed by atoms with Crippen LogP contribution in [0.3, 0.4) is 0 Å². The number of methoxy groups -OCH3 is 3. The Labute approximate surface area is 194 Å². The summed E-state index contributed by atoms with van der Waals surface area (Å²) in [5.74, 6) is 1.31. The zero-order chi connectivity index (χ0) is 24.0. The molecule has 0 fully saturated rings. The molecular weight excluding hydrogens is 452 g/mol. The average molecular weight is 473 g/mol. The Morgan fingerprint density at radius 2 is 1.61 bits per heavy atom. The number of carbonyl (C=O) groups is 1. The van der Waals surface area contributed by atoms with E-state index < -0.39 is 4.92 Å². The molecule has 172 valence electrons. The molecule has 3 aromatic carbocycles. The fourth-order valence-corrected chi connectivity index (χ4v) is 3.20. The molecule has 0 spiro atoms. The number of amides is 1. The molecule has 0 unspecified atom stereocenters. The van der Waals surface area contributed by atoms with E-state index in [1.54, 1.807) is 32.4 Å². The second-order valence-electron chi connectivity index (χ2n) is 6.70. The highest BCUT2D eigenvalue weighted by molar-refractivity contribution is 6.30. The van der Waals surface area contributed by atoms with Crippen LogP contribution < -0.4 is 24.3 Å². The van der Waals surface area contributed by atoms with Crippen molar-refractivity contribution in [3.8, 4) is 28.7 Å². The molecule has 1 amide bonds. The van der Waals surface area contributed by atoms with Gasteiger partial charge in [0.1, 0.15) is 11.5 Å². The number of hydrogen-bond donors (Lipinski definition) is 1. The summed E-state index contributed by atoms with van der Waals surface area (Å²) in [4.78, 5) is 23.4. The number of rotatable bonds is 9. The first-order chi connectivity index (χ1) is 15.9. The second-order valence-corrected chi connectivity index (χ2v) is 7.13. The van der Waals surface area contributed by atoms with Gasteiger partial charge in [0.05, 0.1) is 26.3 Å². The van der Waals surface area contributed by atoms with Crippen LogP contribution in [0.2, 0.25) is 5.02 Å². The van der Waals surface area contributed by atoms with Crippen LogP contribution in [0.25, 0.3) is 0 Å². The monoisotopic (exact) mass is 472 g/mol. The molecule has 3 rings (SSSR count). The van der Waals surface area contributed by atoms with Gasteiger partial charge in [-0.1, -0.05) is 11.6 Å². The van der Waals surface area contributed by atoms with Gasteiger partial charge in [0.25, 0.3) is 5.91 Å². The summed E-state index contributed by atoms with van der Waals surface area (Å²) >= 11 is 5.84. The minimum absolute atomic E-state index is 0.00924. The third kappa shape index (κ3) is 5.64. The van der Waals surface area contributed by atoms with Gasteiger partial charge in [-0.3, -0.25) is 14.9 Å². The van der Waals surface area contributed by atoms with Crippen molar-refractivity contribution in [2.24, 2.45) is 0 Å². The number of benzene rings is 3. The molecule has 0 saturated carbocycles. The summed E-state index contributed by atoms with van der Waals surface area (Å²) in [5.41, 5.74) is 0.762. The van der Waals surface area contributed by atoms with E-state index in [9.17, 15) is 14.9 Å². The lowest BCUT2D eigenvalue weighted by molar-refractivity contribution is -0.385. The molecule has 9 nitrogen and oxygen atoms in total. The number of nitrogens with zero attached hydrogens (tertiary/aromatic N) is 1. The predicted molar refractivity (Wildman–Crippen MR) is 122 cm³/mol. The zero-order valence-corrected chi connectivity index (χ0v) is 18.8. The standard InChI is InChI=1S/C23H21ClN2O7/c1-30-17-6-9-19(31-2)15(10-17)13-25-23(27)14-4-7-21(22(11-14)32-3)33-20-8-5-16(24)12-18(20)26(28)29/h4-12H,13H2,1-3H3,(H,25,27). The molecule has 3 aromatic rings. The van der Waals surface area contributed by atoms with Crippen LogP contribution in [0.15, 0.2) is 54.6 Å². The SMILES string of the molecule is COc1ccc(OC)c(CNC(=O)c2ccc(Oc3ccc(Cl)cc3[N+](=O)[O-])c(OC)c2)c1. The lowest BCUT2D eigenvalue weighted by atomic mass is 10.1. The highest BCUT2D eigenvalue weighted by Gasteiger charge is 2.19. The van der Waals surface area contributed by atoms with Crippen molar-refractivity contribution in [1.29, 1.82) is 0 Å². The molecule has 0 aliphatic carbocycles. The van der Waals surface area contributed by atoms with Crippen LogP contribution in [0.1, 0.15) is 15.9 Å². The molecule has 0 atom stereocenters. The lowest BCUT2D eigenvalue weighted by Gasteiger charge is -2.13. The van der Waals surface area contributed by atoms with Crippen LogP contribution in [-0.2, 0) is 6.54 Å². The Morgan fingerprint density at radius 3 is 2.27 bits per heavy atom. The van der Waals surface area contributed by atoms with Crippen LogP contribution in [-0.4, -0.2) is 32.2 Å². The van der Waals surface area contributed by atoms with Crippen molar-refractivity contribution in [2.45, 2.75) is 6.54 Å². The Hall–Kier alpha value is -3.98. The molecule has 0 saturated heterocycles. The summed E-state index contributed by atoms with van der Waals surface area (Å²) in [7, 11) is 4.50. The maximum Gasteiger partial charge on any atom is 0.313 e. The number of carbonyl (C=O) groups excluding carboxylic acids is 1. The van der Waals surface area contributed by atoms with Crippen LogP contribution in [0.4, 0.5) is 5.69 Å². The van der Waals surface area contributed by atoms with E-state index in [0.717, 1.165) is 5.56 Å². The van der Waals surface area contributed by atoms with Gasteiger partial charge in [-0.15, -0.1) is 0 Å². The normalized spacial score (nSPS) is 10.3. The number of nitro benzene ring substituents is 1. The van der Waals surface area contributed by atoms with Crippen LogP contribution >= 0.6 is 11.6 Å². The largest absolute Gasteiger partial charge is 0.497 e. The number of hydrogen-bond acceptors (Lipinski definition) is 7. The molecule has 1 N–H and O–H groups in total. The van der Waals surface area contributed by atoms with Gasteiger partial charge in [0.15, 0.2) is 11.5 Å². The molecule has 0 heterocycles. The first-order valence-electron chi connectivity index (χ1n) is 9.65. The van der Waals surface area contributed by atoms with E-state index in [-0.39, 0.29) is 40.4 Å². The van der Waals surface area contributed by atoms with E-state index in [0.29, 0.717) is 17.1 Å². The van der Waals surface area contributed by atoms with Crippen molar-refractivity contribution < 1.29 is 28.7 Å². The minimum Gasteiger partial charge on any atom is -0.497 e. The molecule has 0 aliphatic heterocycles. The van der Waals surface area contributed by atoms with Gasteiger partial charge in [0.2, 0.25) is 5.75 Å². The fraction of sp³-hybridized carbons (Fsp3) is 0.174. The van der Waals surface area contributed by atoms with Crippen molar-refractivity contribution in [3.05, 3.63) is 80.9 Å². The summed E-state index contributed by atoms with van der Waals surface area (Å²) < 4.78 is 21.6.